The maximum atomic E-state index is 13.4. The molecule has 3 heterocycles. The highest BCUT2D eigenvalue weighted by Crippen LogP contribution is 2.37. The summed E-state index contributed by atoms with van der Waals surface area (Å²) in [5, 5.41) is 2.92. The first kappa shape index (κ1) is 22.3. The Morgan fingerprint density at radius 1 is 0.970 bits per heavy atom. The van der Waals surface area contributed by atoms with Gasteiger partial charge in [0.1, 0.15) is 0 Å². The minimum atomic E-state index is -3.65. The lowest BCUT2D eigenvalue weighted by Crippen LogP contribution is -2.48. The number of benzene rings is 1. The van der Waals surface area contributed by atoms with Crippen LogP contribution in [-0.2, 0) is 21.4 Å². The summed E-state index contributed by atoms with van der Waals surface area (Å²) in [6.45, 7) is 1.35. The van der Waals surface area contributed by atoms with E-state index >= 15 is 0 Å². The molecule has 2 aliphatic heterocycles. The Labute approximate surface area is 194 Å². The third-order valence-corrected chi connectivity index (χ3v) is 9.27. The molecule has 2 atom stereocenters. The molecule has 176 valence electrons. The Bertz CT molecular complexity index is 1180. The lowest BCUT2D eigenvalue weighted by Gasteiger charge is -2.42. The molecule has 0 radical (unpaired) electrons. The maximum absolute atomic E-state index is 13.4. The molecule has 1 aromatic carbocycles. The van der Waals surface area contributed by atoms with Gasteiger partial charge in [-0.25, -0.2) is 8.42 Å². The summed E-state index contributed by atoms with van der Waals surface area (Å²) in [5.41, 5.74) is 1.54. The van der Waals surface area contributed by atoms with E-state index in [-0.39, 0.29) is 28.2 Å². The number of rotatable bonds is 5. The van der Waals surface area contributed by atoms with Crippen molar-refractivity contribution in [1.29, 1.82) is 0 Å². The third kappa shape index (κ3) is 4.64. The van der Waals surface area contributed by atoms with Crippen LogP contribution in [0, 0.1) is 11.8 Å². The normalized spacial score (nSPS) is 23.6. The summed E-state index contributed by atoms with van der Waals surface area (Å²) in [5.74, 6) is 0.609. The smallest absolute Gasteiger partial charge is 0.250 e. The number of hydrogen-bond acceptors (Lipinski definition) is 4. The minimum Gasteiger partial charge on any atom is -0.326 e. The van der Waals surface area contributed by atoms with Crippen LogP contribution in [0.25, 0.3) is 0 Å². The Kier molecular flexibility index (Phi) is 6.14. The van der Waals surface area contributed by atoms with Crippen LogP contribution in [0.5, 0.6) is 0 Å². The van der Waals surface area contributed by atoms with E-state index in [4.69, 9.17) is 0 Å². The molecule has 2 aromatic rings. The summed E-state index contributed by atoms with van der Waals surface area (Å²) in [6.07, 6.45) is 7.32. The first-order valence-corrected chi connectivity index (χ1v) is 13.4. The van der Waals surface area contributed by atoms with Gasteiger partial charge in [0.25, 0.3) is 5.56 Å². The summed E-state index contributed by atoms with van der Waals surface area (Å²) in [4.78, 5) is 24.8. The predicted molar refractivity (Wildman–Crippen MR) is 127 cm³/mol. The molecule has 33 heavy (non-hydrogen) atoms. The zero-order valence-electron chi connectivity index (χ0n) is 18.8. The Balaban J connectivity index is 1.26. The van der Waals surface area contributed by atoms with Gasteiger partial charge in [0.15, 0.2) is 0 Å². The molecule has 0 spiro atoms. The number of hydrogen-bond donors (Lipinski definition) is 1. The average molecular weight is 470 g/mol. The van der Waals surface area contributed by atoms with E-state index in [1.165, 1.54) is 19.3 Å². The van der Waals surface area contributed by atoms with Crippen LogP contribution in [0.1, 0.15) is 56.6 Å². The molecule has 3 aliphatic rings. The molecule has 8 heteroatoms. The van der Waals surface area contributed by atoms with Crippen molar-refractivity contribution in [2.75, 3.05) is 18.4 Å². The molecule has 1 aliphatic carbocycles. The van der Waals surface area contributed by atoms with E-state index in [1.54, 1.807) is 45.3 Å². The molecule has 5 rings (SSSR count). The molecule has 7 nitrogen and oxygen atoms in total. The minimum absolute atomic E-state index is 0.00438. The van der Waals surface area contributed by atoms with Gasteiger partial charge >= 0.3 is 0 Å². The number of amides is 1. The second-order valence-electron chi connectivity index (χ2n) is 9.80. The van der Waals surface area contributed by atoms with Crippen molar-refractivity contribution in [2.24, 2.45) is 11.8 Å². The second kappa shape index (κ2) is 9.06. The molecule has 1 saturated carbocycles. The van der Waals surface area contributed by atoms with Gasteiger partial charge in [0, 0.05) is 49.4 Å². The van der Waals surface area contributed by atoms with E-state index in [9.17, 15) is 18.0 Å². The van der Waals surface area contributed by atoms with Crippen LogP contribution in [0.15, 0.2) is 52.2 Å². The van der Waals surface area contributed by atoms with Gasteiger partial charge in [-0.3, -0.25) is 9.59 Å². The monoisotopic (exact) mass is 469 g/mol. The highest BCUT2D eigenvalue weighted by Gasteiger charge is 2.39. The number of aromatic nitrogens is 1. The lowest BCUT2D eigenvalue weighted by atomic mass is 9.84. The van der Waals surface area contributed by atoms with Crippen molar-refractivity contribution >= 4 is 21.6 Å². The Morgan fingerprint density at radius 2 is 1.73 bits per heavy atom. The van der Waals surface area contributed by atoms with E-state index in [0.29, 0.717) is 37.7 Å². The standard InChI is InChI=1S/C25H31N3O4S/c29-24(14-18-5-2-1-3-6-18)26-21-9-11-22(12-10-21)33(31,32)27-15-19-13-20(17-27)23-7-4-8-25(30)28(23)16-19/h4,7-12,18-20H,1-3,5-6,13-17H2,(H,26,29)/t19-,20-/m0/s1. The number of pyridine rings is 1. The highest BCUT2D eigenvalue weighted by molar-refractivity contribution is 7.89. The molecule has 1 aromatic heterocycles. The van der Waals surface area contributed by atoms with Gasteiger partial charge in [-0.1, -0.05) is 25.3 Å². The fourth-order valence-electron chi connectivity index (χ4n) is 5.77. The van der Waals surface area contributed by atoms with Gasteiger partial charge < -0.3 is 9.88 Å². The van der Waals surface area contributed by atoms with Crippen molar-refractivity contribution in [3.63, 3.8) is 0 Å². The molecule has 2 fully saturated rings. The van der Waals surface area contributed by atoms with Crippen LogP contribution in [0.4, 0.5) is 5.69 Å². The molecule has 1 N–H and O–H groups in total. The van der Waals surface area contributed by atoms with Crippen LogP contribution in [0.2, 0.25) is 0 Å². The fourth-order valence-corrected chi connectivity index (χ4v) is 7.34. The number of carbonyl (C=O) groups is 1. The second-order valence-corrected chi connectivity index (χ2v) is 11.7. The zero-order valence-corrected chi connectivity index (χ0v) is 19.6. The van der Waals surface area contributed by atoms with Crippen molar-refractivity contribution < 1.29 is 13.2 Å². The van der Waals surface area contributed by atoms with Gasteiger partial charge in [0.2, 0.25) is 15.9 Å². The molecule has 1 amide bonds. The van der Waals surface area contributed by atoms with Crippen molar-refractivity contribution in [3.05, 3.63) is 58.5 Å². The number of piperidine rings is 1. The van der Waals surface area contributed by atoms with Gasteiger partial charge in [-0.15, -0.1) is 0 Å². The molecular formula is C25H31N3O4S. The molecule has 0 unspecified atom stereocenters. The van der Waals surface area contributed by atoms with Crippen LogP contribution in [-0.4, -0.2) is 36.3 Å². The summed E-state index contributed by atoms with van der Waals surface area (Å²) in [6, 6.07) is 11.8. The lowest BCUT2D eigenvalue weighted by molar-refractivity contribution is -0.117. The SMILES string of the molecule is O=C(CC1CCCCC1)Nc1ccc(S(=O)(=O)N2C[C@@H]3C[C@@H](C2)c2cccc(=O)n2C3)cc1. The van der Waals surface area contributed by atoms with E-state index < -0.39 is 10.0 Å². The van der Waals surface area contributed by atoms with Gasteiger partial charge in [-0.05, 0) is 61.4 Å². The Hall–Kier alpha value is -2.45. The number of nitrogens with zero attached hydrogens (tertiary/aromatic N) is 2. The average Bonchev–Trinajstić information content (AvgIpc) is 2.81. The number of anilines is 1. The van der Waals surface area contributed by atoms with Gasteiger partial charge in [-0.2, -0.15) is 4.31 Å². The summed E-state index contributed by atoms with van der Waals surface area (Å²) >= 11 is 0. The van der Waals surface area contributed by atoms with Crippen molar-refractivity contribution in [2.45, 2.75) is 62.3 Å². The number of carbonyl (C=O) groups excluding carboxylic acids is 1. The Morgan fingerprint density at radius 3 is 2.48 bits per heavy atom. The largest absolute Gasteiger partial charge is 0.326 e. The quantitative estimate of drug-likeness (QED) is 0.725. The van der Waals surface area contributed by atoms with E-state index in [1.807, 2.05) is 6.07 Å². The number of sulfonamides is 1. The highest BCUT2D eigenvalue weighted by atomic mass is 32.2. The predicted octanol–water partition coefficient (Wildman–Crippen LogP) is 3.57. The number of nitrogens with one attached hydrogen (secondary N) is 1. The molecule has 1 saturated heterocycles. The number of fused-ring (bicyclic) bond motifs is 4. The van der Waals surface area contributed by atoms with E-state index in [0.717, 1.165) is 25.0 Å². The maximum Gasteiger partial charge on any atom is 0.250 e. The van der Waals surface area contributed by atoms with Crippen LogP contribution < -0.4 is 10.9 Å². The first-order valence-electron chi connectivity index (χ1n) is 12.0. The third-order valence-electron chi connectivity index (χ3n) is 7.42. The topological polar surface area (TPSA) is 88.5 Å². The van der Waals surface area contributed by atoms with Crippen LogP contribution in [0.3, 0.4) is 0 Å². The molecular weight excluding hydrogens is 438 g/mol. The van der Waals surface area contributed by atoms with Crippen molar-refractivity contribution in [3.8, 4) is 0 Å². The molecule has 2 bridgehead atoms. The van der Waals surface area contributed by atoms with E-state index in [2.05, 4.69) is 5.32 Å². The van der Waals surface area contributed by atoms with Crippen LogP contribution >= 0.6 is 0 Å². The first-order chi connectivity index (χ1) is 15.9. The summed E-state index contributed by atoms with van der Waals surface area (Å²) < 4.78 is 30.1. The van der Waals surface area contributed by atoms with Gasteiger partial charge in [0.05, 0.1) is 4.90 Å². The zero-order chi connectivity index (χ0) is 23.0. The fraction of sp³-hybridized carbons (Fsp3) is 0.520. The summed E-state index contributed by atoms with van der Waals surface area (Å²) in [7, 11) is -3.65. The van der Waals surface area contributed by atoms with Crippen molar-refractivity contribution in [1.82, 2.24) is 8.87 Å².